The average molecular weight is 275 g/mol. The van der Waals surface area contributed by atoms with E-state index < -0.39 is 18.0 Å². The third-order valence-corrected chi connectivity index (χ3v) is 2.34. The first kappa shape index (κ1) is 14.3. The van der Waals surface area contributed by atoms with Gasteiger partial charge in [-0.25, -0.2) is 18.6 Å². The Balaban J connectivity index is 3.37. The second-order valence-corrected chi connectivity index (χ2v) is 3.45. The molecule has 1 heterocycles. The largest absolute Gasteiger partial charge is 0.461 e. The number of alkyl halides is 3. The van der Waals surface area contributed by atoms with Crippen molar-refractivity contribution in [3.63, 3.8) is 0 Å². The summed E-state index contributed by atoms with van der Waals surface area (Å²) in [6.45, 7) is 1.68. The molecule has 1 aromatic heterocycles. The van der Waals surface area contributed by atoms with E-state index in [4.69, 9.17) is 16.9 Å². The van der Waals surface area contributed by atoms with Crippen molar-refractivity contribution < 1.29 is 18.3 Å². The Hall–Kier alpha value is -1.74. The highest BCUT2D eigenvalue weighted by Gasteiger charge is 2.21. The Morgan fingerprint density at radius 2 is 2.33 bits per heavy atom. The number of hydrogen-bond donors (Lipinski definition) is 0. The van der Waals surface area contributed by atoms with Gasteiger partial charge in [-0.2, -0.15) is 5.26 Å². The van der Waals surface area contributed by atoms with Gasteiger partial charge in [0, 0.05) is 5.56 Å². The third kappa shape index (κ3) is 2.93. The van der Waals surface area contributed by atoms with Gasteiger partial charge in [0.15, 0.2) is 0 Å². The molecule has 0 saturated heterocycles. The quantitative estimate of drug-likeness (QED) is 0.625. The van der Waals surface area contributed by atoms with Crippen LogP contribution in [0.3, 0.4) is 0 Å². The number of ether oxygens (including phenoxy) is 1. The number of nitrogens with zero attached hydrogens (tertiary/aromatic N) is 2. The fraction of sp³-hybridized carbons (Fsp3) is 0.364. The topological polar surface area (TPSA) is 63.0 Å². The summed E-state index contributed by atoms with van der Waals surface area (Å²) < 4.78 is 30.2. The highest BCUT2D eigenvalue weighted by Crippen LogP contribution is 2.26. The van der Waals surface area contributed by atoms with E-state index in [0.717, 1.165) is 6.07 Å². The smallest absolute Gasteiger partial charge is 0.356 e. The van der Waals surface area contributed by atoms with Crippen LogP contribution in [0.15, 0.2) is 6.07 Å². The lowest BCUT2D eigenvalue weighted by Crippen LogP contribution is -2.11. The Morgan fingerprint density at radius 3 is 2.78 bits per heavy atom. The molecule has 0 aliphatic heterocycles. The van der Waals surface area contributed by atoms with E-state index in [-0.39, 0.29) is 29.4 Å². The third-order valence-electron chi connectivity index (χ3n) is 2.08. The van der Waals surface area contributed by atoms with Crippen molar-refractivity contribution in [2.24, 2.45) is 0 Å². The zero-order valence-electron chi connectivity index (χ0n) is 9.41. The lowest BCUT2D eigenvalue weighted by Gasteiger charge is -2.09. The maximum atomic E-state index is 12.8. The Morgan fingerprint density at radius 1 is 1.67 bits per heavy atom. The fourth-order valence-electron chi connectivity index (χ4n) is 1.33. The van der Waals surface area contributed by atoms with Crippen molar-refractivity contribution in [1.29, 1.82) is 5.26 Å². The van der Waals surface area contributed by atoms with Crippen LogP contribution in [0.2, 0.25) is 0 Å². The molecule has 0 radical (unpaired) electrons. The molecule has 4 nitrogen and oxygen atoms in total. The number of halogens is 3. The van der Waals surface area contributed by atoms with Crippen molar-refractivity contribution in [3.8, 4) is 6.07 Å². The zero-order valence-corrected chi connectivity index (χ0v) is 10.2. The summed E-state index contributed by atoms with van der Waals surface area (Å²) >= 11 is 5.53. The van der Waals surface area contributed by atoms with Gasteiger partial charge in [0.25, 0.3) is 6.43 Å². The number of carbonyl (C=O) groups is 1. The van der Waals surface area contributed by atoms with E-state index in [9.17, 15) is 13.6 Å². The predicted molar refractivity (Wildman–Crippen MR) is 59.4 cm³/mol. The van der Waals surface area contributed by atoms with Crippen LogP contribution in [0, 0.1) is 11.3 Å². The first-order chi connectivity index (χ1) is 8.54. The van der Waals surface area contributed by atoms with Gasteiger partial charge in [0.1, 0.15) is 11.8 Å². The number of carbonyl (C=O) groups excluding carboxylic acids is 1. The van der Waals surface area contributed by atoms with E-state index in [1.165, 1.54) is 0 Å². The molecule has 18 heavy (non-hydrogen) atoms. The van der Waals surface area contributed by atoms with Crippen LogP contribution in [-0.2, 0) is 10.6 Å². The number of pyridine rings is 1. The van der Waals surface area contributed by atoms with Crippen molar-refractivity contribution in [1.82, 2.24) is 4.98 Å². The van der Waals surface area contributed by atoms with Gasteiger partial charge in [-0.15, -0.1) is 11.6 Å². The standard InChI is InChI=1S/C11H9ClF2N2O2/c1-2-18-11(17)8-3-6(10(13)14)7(5-15)9(4-12)16-8/h3,10H,2,4H2,1H3. The number of aromatic nitrogens is 1. The van der Waals surface area contributed by atoms with Crippen LogP contribution < -0.4 is 0 Å². The minimum Gasteiger partial charge on any atom is -0.461 e. The van der Waals surface area contributed by atoms with Gasteiger partial charge < -0.3 is 4.74 Å². The molecule has 0 spiro atoms. The molecule has 0 unspecified atom stereocenters. The van der Waals surface area contributed by atoms with Crippen molar-refractivity contribution in [2.45, 2.75) is 19.2 Å². The van der Waals surface area contributed by atoms with Gasteiger partial charge in [0.05, 0.1) is 23.7 Å². The zero-order chi connectivity index (χ0) is 13.7. The molecule has 7 heteroatoms. The summed E-state index contributed by atoms with van der Waals surface area (Å²) in [4.78, 5) is 15.2. The van der Waals surface area contributed by atoms with Crippen LogP contribution >= 0.6 is 11.6 Å². The molecule has 0 atom stereocenters. The van der Waals surface area contributed by atoms with Crippen molar-refractivity contribution in [3.05, 3.63) is 28.6 Å². The molecule has 1 rings (SSSR count). The molecule has 0 N–H and O–H groups in total. The molecule has 0 aromatic carbocycles. The lowest BCUT2D eigenvalue weighted by molar-refractivity contribution is 0.0518. The Bertz CT molecular complexity index is 501. The number of nitriles is 1. The van der Waals surface area contributed by atoms with Gasteiger partial charge in [-0.05, 0) is 13.0 Å². The first-order valence-electron chi connectivity index (χ1n) is 5.00. The van der Waals surface area contributed by atoms with E-state index in [1.807, 2.05) is 0 Å². The van der Waals surface area contributed by atoms with E-state index in [1.54, 1.807) is 13.0 Å². The number of hydrogen-bond acceptors (Lipinski definition) is 4. The number of esters is 1. The fourth-order valence-corrected chi connectivity index (χ4v) is 1.52. The molecule has 1 aromatic rings. The van der Waals surface area contributed by atoms with Crippen LogP contribution in [0.5, 0.6) is 0 Å². The number of rotatable bonds is 4. The molecule has 0 aliphatic rings. The monoisotopic (exact) mass is 274 g/mol. The van der Waals surface area contributed by atoms with Crippen molar-refractivity contribution in [2.75, 3.05) is 6.61 Å². The molecular weight excluding hydrogens is 266 g/mol. The van der Waals surface area contributed by atoms with Gasteiger partial charge in [-0.1, -0.05) is 0 Å². The van der Waals surface area contributed by atoms with Crippen LogP contribution in [0.1, 0.15) is 40.7 Å². The van der Waals surface area contributed by atoms with Crippen LogP contribution in [-0.4, -0.2) is 17.6 Å². The second kappa shape index (κ2) is 6.26. The van der Waals surface area contributed by atoms with E-state index in [0.29, 0.717) is 0 Å². The van der Waals surface area contributed by atoms with Crippen LogP contribution in [0.4, 0.5) is 8.78 Å². The van der Waals surface area contributed by atoms with Gasteiger partial charge >= 0.3 is 5.97 Å². The van der Waals surface area contributed by atoms with Gasteiger partial charge in [0.2, 0.25) is 0 Å². The summed E-state index contributed by atoms with van der Waals surface area (Å²) in [5.74, 6) is -1.06. The SMILES string of the molecule is CCOC(=O)c1cc(C(F)F)c(C#N)c(CCl)n1. The normalized spacial score (nSPS) is 10.2. The summed E-state index contributed by atoms with van der Waals surface area (Å²) in [6.07, 6.45) is -2.89. The summed E-state index contributed by atoms with van der Waals surface area (Å²) in [5, 5.41) is 8.81. The highest BCUT2D eigenvalue weighted by atomic mass is 35.5. The Kier molecular flexibility index (Phi) is 4.98. The van der Waals surface area contributed by atoms with Crippen molar-refractivity contribution >= 4 is 17.6 Å². The Labute approximate surface area is 107 Å². The molecular formula is C11H9ClF2N2O2. The highest BCUT2D eigenvalue weighted by molar-refractivity contribution is 6.17. The molecule has 0 aliphatic carbocycles. The molecule has 96 valence electrons. The maximum absolute atomic E-state index is 12.8. The summed E-state index contributed by atoms with van der Waals surface area (Å²) in [6, 6.07) is 2.47. The lowest BCUT2D eigenvalue weighted by atomic mass is 10.1. The minimum absolute atomic E-state index is 0.0555. The summed E-state index contributed by atoms with van der Waals surface area (Å²) in [5.41, 5.74) is -1.19. The summed E-state index contributed by atoms with van der Waals surface area (Å²) in [7, 11) is 0. The molecule has 0 amide bonds. The average Bonchev–Trinajstić information content (AvgIpc) is 2.37. The maximum Gasteiger partial charge on any atom is 0.356 e. The predicted octanol–water partition coefficient (Wildman–Crippen LogP) is 2.81. The van der Waals surface area contributed by atoms with Crippen LogP contribution in [0.25, 0.3) is 0 Å². The first-order valence-corrected chi connectivity index (χ1v) is 5.53. The second-order valence-electron chi connectivity index (χ2n) is 3.19. The van der Waals surface area contributed by atoms with E-state index in [2.05, 4.69) is 9.72 Å². The minimum atomic E-state index is -2.89. The molecule has 0 saturated carbocycles. The van der Waals surface area contributed by atoms with Gasteiger partial charge in [-0.3, -0.25) is 0 Å². The molecule has 0 fully saturated rings. The van der Waals surface area contributed by atoms with E-state index >= 15 is 0 Å². The molecule has 0 bridgehead atoms.